The molecule has 0 bridgehead atoms. The predicted octanol–water partition coefficient (Wildman–Crippen LogP) is 2.21. The monoisotopic (exact) mass is 160 g/mol. The summed E-state index contributed by atoms with van der Waals surface area (Å²) in [5.41, 5.74) is 1.26. The fourth-order valence-electron chi connectivity index (χ4n) is 1.13. The van der Waals surface area contributed by atoms with Crippen LogP contribution in [0.3, 0.4) is 0 Å². The molecule has 58 valence electrons. The molecule has 0 radical (unpaired) electrons. The summed E-state index contributed by atoms with van der Waals surface area (Å²) in [6, 6.07) is 0. The third-order valence-corrected chi connectivity index (χ3v) is 2.12. The van der Waals surface area contributed by atoms with Gasteiger partial charge in [0.05, 0.1) is 6.61 Å². The molecule has 0 amide bonds. The van der Waals surface area contributed by atoms with Crippen molar-refractivity contribution in [2.24, 2.45) is 5.92 Å². The normalized spacial score (nSPS) is 27.4. The highest BCUT2D eigenvalue weighted by molar-refractivity contribution is 6.19. The van der Waals surface area contributed by atoms with Gasteiger partial charge in [-0.15, -0.1) is 11.6 Å². The molecule has 1 aliphatic rings. The van der Waals surface area contributed by atoms with E-state index in [0.29, 0.717) is 11.8 Å². The van der Waals surface area contributed by atoms with E-state index in [1.807, 2.05) is 0 Å². The van der Waals surface area contributed by atoms with Crippen molar-refractivity contribution in [1.29, 1.82) is 0 Å². The Morgan fingerprint density at radius 2 is 2.60 bits per heavy atom. The van der Waals surface area contributed by atoms with E-state index in [0.717, 1.165) is 19.6 Å². The Kier molecular flexibility index (Phi) is 3.23. The third kappa shape index (κ3) is 2.31. The van der Waals surface area contributed by atoms with Crippen molar-refractivity contribution >= 4 is 11.6 Å². The smallest absolute Gasteiger partial charge is 0.0529 e. The molecule has 0 saturated carbocycles. The lowest BCUT2D eigenvalue weighted by atomic mass is 10.1. The second-order valence-corrected chi connectivity index (χ2v) is 3.04. The molecule has 1 saturated heterocycles. The number of hydrogen-bond donors (Lipinski definition) is 0. The second-order valence-electron chi connectivity index (χ2n) is 2.77. The number of halogens is 1. The van der Waals surface area contributed by atoms with Gasteiger partial charge in [-0.2, -0.15) is 0 Å². The van der Waals surface area contributed by atoms with Gasteiger partial charge in [-0.3, -0.25) is 0 Å². The lowest BCUT2D eigenvalue weighted by Crippen LogP contribution is -1.95. The van der Waals surface area contributed by atoms with Gasteiger partial charge in [0.1, 0.15) is 0 Å². The Balaban J connectivity index is 2.34. The molecular weight excluding hydrogens is 148 g/mol. The molecule has 1 aliphatic heterocycles. The van der Waals surface area contributed by atoms with E-state index in [1.54, 1.807) is 0 Å². The fraction of sp³-hybridized carbons (Fsp3) is 0.750. The molecule has 1 fully saturated rings. The van der Waals surface area contributed by atoms with E-state index in [1.165, 1.54) is 5.57 Å². The Hall–Kier alpha value is -0.0100. The van der Waals surface area contributed by atoms with Crippen LogP contribution >= 0.6 is 11.6 Å². The van der Waals surface area contributed by atoms with Crippen molar-refractivity contribution in [3.63, 3.8) is 0 Å². The van der Waals surface area contributed by atoms with Gasteiger partial charge in [0.15, 0.2) is 0 Å². The van der Waals surface area contributed by atoms with Gasteiger partial charge in [-0.25, -0.2) is 0 Å². The van der Waals surface area contributed by atoms with Crippen LogP contribution in [0.1, 0.15) is 13.3 Å². The van der Waals surface area contributed by atoms with Crippen LogP contribution in [0.25, 0.3) is 0 Å². The fourth-order valence-corrected chi connectivity index (χ4v) is 1.22. The van der Waals surface area contributed by atoms with Crippen LogP contribution in [-0.4, -0.2) is 19.1 Å². The molecule has 0 N–H and O–H groups in total. The van der Waals surface area contributed by atoms with Crippen LogP contribution in [0, 0.1) is 5.92 Å². The van der Waals surface area contributed by atoms with Crippen molar-refractivity contribution in [2.45, 2.75) is 13.3 Å². The van der Waals surface area contributed by atoms with Gasteiger partial charge in [-0.1, -0.05) is 11.6 Å². The van der Waals surface area contributed by atoms with Gasteiger partial charge >= 0.3 is 0 Å². The van der Waals surface area contributed by atoms with Crippen LogP contribution in [0.2, 0.25) is 0 Å². The summed E-state index contributed by atoms with van der Waals surface area (Å²) < 4.78 is 5.21. The van der Waals surface area contributed by atoms with Crippen LogP contribution in [0.4, 0.5) is 0 Å². The maximum Gasteiger partial charge on any atom is 0.0529 e. The molecule has 0 aromatic rings. The highest BCUT2D eigenvalue weighted by atomic mass is 35.5. The Labute approximate surface area is 67.0 Å². The molecule has 0 aromatic carbocycles. The minimum Gasteiger partial charge on any atom is -0.381 e. The molecule has 1 rings (SSSR count). The van der Waals surface area contributed by atoms with E-state index < -0.39 is 0 Å². The number of hydrogen-bond acceptors (Lipinski definition) is 1. The molecule has 2 heteroatoms. The summed E-state index contributed by atoms with van der Waals surface area (Å²) >= 11 is 5.62. The Morgan fingerprint density at radius 3 is 3.10 bits per heavy atom. The summed E-state index contributed by atoms with van der Waals surface area (Å²) in [6.07, 6.45) is 3.38. The molecule has 0 aromatic heterocycles. The van der Waals surface area contributed by atoms with Gasteiger partial charge in [0, 0.05) is 18.4 Å². The van der Waals surface area contributed by atoms with Gasteiger partial charge < -0.3 is 4.74 Å². The van der Waals surface area contributed by atoms with Crippen molar-refractivity contribution < 1.29 is 4.74 Å². The SMILES string of the molecule is C/C(=C\C1CCOC1)CCl. The molecule has 0 spiro atoms. The van der Waals surface area contributed by atoms with Crippen LogP contribution in [0.15, 0.2) is 11.6 Å². The summed E-state index contributed by atoms with van der Waals surface area (Å²) in [5.74, 6) is 1.27. The largest absolute Gasteiger partial charge is 0.381 e. The highest BCUT2D eigenvalue weighted by Gasteiger charge is 2.12. The zero-order valence-corrected chi connectivity index (χ0v) is 7.03. The van der Waals surface area contributed by atoms with Crippen molar-refractivity contribution in [3.8, 4) is 0 Å². The van der Waals surface area contributed by atoms with E-state index in [-0.39, 0.29) is 0 Å². The van der Waals surface area contributed by atoms with Gasteiger partial charge in [-0.05, 0) is 13.3 Å². The first-order valence-corrected chi connectivity index (χ1v) is 4.17. The lowest BCUT2D eigenvalue weighted by molar-refractivity contribution is 0.191. The van der Waals surface area contributed by atoms with E-state index >= 15 is 0 Å². The standard InChI is InChI=1S/C8H13ClO/c1-7(5-9)4-8-2-3-10-6-8/h4,8H,2-3,5-6H2,1H3/b7-4+. The highest BCUT2D eigenvalue weighted by Crippen LogP contribution is 2.15. The summed E-state index contributed by atoms with van der Waals surface area (Å²) in [5, 5.41) is 0. The molecule has 1 unspecified atom stereocenters. The zero-order chi connectivity index (χ0) is 7.40. The van der Waals surface area contributed by atoms with Crippen LogP contribution in [0.5, 0.6) is 0 Å². The summed E-state index contributed by atoms with van der Waals surface area (Å²) in [6.45, 7) is 3.86. The number of ether oxygens (including phenoxy) is 1. The van der Waals surface area contributed by atoms with E-state index in [9.17, 15) is 0 Å². The number of alkyl halides is 1. The molecule has 1 nitrogen and oxygen atoms in total. The quantitative estimate of drug-likeness (QED) is 0.445. The molecule has 1 heterocycles. The first kappa shape index (κ1) is 8.09. The number of rotatable bonds is 2. The minimum absolute atomic E-state index is 0.624. The van der Waals surface area contributed by atoms with Gasteiger partial charge in [0.2, 0.25) is 0 Å². The van der Waals surface area contributed by atoms with Crippen LogP contribution in [-0.2, 0) is 4.74 Å². The first-order chi connectivity index (χ1) is 4.83. The third-order valence-electron chi connectivity index (χ3n) is 1.70. The predicted molar refractivity (Wildman–Crippen MR) is 43.4 cm³/mol. The second kappa shape index (κ2) is 3.99. The summed E-state index contributed by atoms with van der Waals surface area (Å²) in [4.78, 5) is 0. The zero-order valence-electron chi connectivity index (χ0n) is 6.27. The van der Waals surface area contributed by atoms with Crippen molar-refractivity contribution in [1.82, 2.24) is 0 Å². The molecule has 0 aliphatic carbocycles. The van der Waals surface area contributed by atoms with Gasteiger partial charge in [0.25, 0.3) is 0 Å². The van der Waals surface area contributed by atoms with Crippen molar-refractivity contribution in [3.05, 3.63) is 11.6 Å². The maximum atomic E-state index is 5.62. The molecule has 1 atom stereocenters. The molecule has 10 heavy (non-hydrogen) atoms. The summed E-state index contributed by atoms with van der Waals surface area (Å²) in [7, 11) is 0. The van der Waals surface area contributed by atoms with Crippen LogP contribution < -0.4 is 0 Å². The van der Waals surface area contributed by atoms with E-state index in [2.05, 4.69) is 13.0 Å². The topological polar surface area (TPSA) is 9.23 Å². The minimum atomic E-state index is 0.624. The Morgan fingerprint density at radius 1 is 1.80 bits per heavy atom. The number of allylic oxidation sites excluding steroid dienone is 1. The first-order valence-electron chi connectivity index (χ1n) is 3.64. The van der Waals surface area contributed by atoms with E-state index in [4.69, 9.17) is 16.3 Å². The average molecular weight is 161 g/mol. The lowest BCUT2D eigenvalue weighted by Gasteiger charge is -2.00. The Bertz CT molecular complexity index is 125. The maximum absolute atomic E-state index is 5.62. The van der Waals surface area contributed by atoms with Crippen molar-refractivity contribution in [2.75, 3.05) is 19.1 Å². The average Bonchev–Trinajstić information content (AvgIpc) is 2.40. The molecular formula is C8H13ClO.